The Morgan fingerprint density at radius 1 is 1.56 bits per heavy atom. The van der Waals surface area contributed by atoms with Crippen LogP contribution >= 0.6 is 11.6 Å². The minimum Gasteiger partial charge on any atom is -0.337 e. The van der Waals surface area contributed by atoms with Crippen LogP contribution < -0.4 is 5.73 Å². The van der Waals surface area contributed by atoms with Crippen molar-refractivity contribution in [2.75, 3.05) is 19.6 Å². The Labute approximate surface area is 112 Å². The number of carbonyl (C=O) groups excluding carboxylic acids is 1. The number of aryl methyl sites for hydroxylation is 1. The van der Waals surface area contributed by atoms with Crippen LogP contribution in [0.1, 0.15) is 29.8 Å². The molecule has 0 radical (unpaired) electrons. The molecule has 0 spiro atoms. The number of carbonyl (C=O) groups is 1. The third-order valence-electron chi connectivity index (χ3n) is 3.46. The molecule has 1 saturated heterocycles. The standard InChI is InChI=1S/C12H19ClN4O/c1-16-8-10(13)11(15-16)12(18)17-6-3-9(2-5-14)4-7-17/h8-9H,2-7,14H2,1H3. The molecule has 2 N–H and O–H groups in total. The minimum absolute atomic E-state index is 0.0631. The van der Waals surface area contributed by atoms with Crippen LogP contribution in [0, 0.1) is 5.92 Å². The number of nitrogens with zero attached hydrogens (tertiary/aromatic N) is 3. The summed E-state index contributed by atoms with van der Waals surface area (Å²) in [6.45, 7) is 2.28. The minimum atomic E-state index is -0.0631. The maximum absolute atomic E-state index is 12.2. The van der Waals surface area contributed by atoms with Gasteiger partial charge in [0.2, 0.25) is 0 Å². The quantitative estimate of drug-likeness (QED) is 0.900. The highest BCUT2D eigenvalue weighted by Gasteiger charge is 2.26. The second-order valence-corrected chi connectivity index (χ2v) is 5.22. The third kappa shape index (κ3) is 2.84. The van der Waals surface area contributed by atoms with Crippen molar-refractivity contribution >= 4 is 17.5 Å². The van der Waals surface area contributed by atoms with E-state index in [-0.39, 0.29) is 5.91 Å². The fourth-order valence-electron chi connectivity index (χ4n) is 2.41. The molecule has 0 bridgehead atoms. The lowest BCUT2D eigenvalue weighted by atomic mass is 9.93. The van der Waals surface area contributed by atoms with E-state index in [4.69, 9.17) is 17.3 Å². The predicted octanol–water partition coefficient (Wildman–Crippen LogP) is 1.27. The summed E-state index contributed by atoms with van der Waals surface area (Å²) in [6, 6.07) is 0. The number of nitrogens with two attached hydrogens (primary N) is 1. The normalized spacial score (nSPS) is 17.2. The van der Waals surface area contributed by atoms with Crippen molar-refractivity contribution in [2.45, 2.75) is 19.3 Å². The fourth-order valence-corrected chi connectivity index (χ4v) is 2.67. The van der Waals surface area contributed by atoms with Crippen LogP contribution in [0.4, 0.5) is 0 Å². The fraction of sp³-hybridized carbons (Fsp3) is 0.667. The van der Waals surface area contributed by atoms with Gasteiger partial charge in [-0.2, -0.15) is 5.10 Å². The first-order chi connectivity index (χ1) is 8.61. The van der Waals surface area contributed by atoms with Gasteiger partial charge in [0.25, 0.3) is 5.91 Å². The van der Waals surface area contributed by atoms with Crippen LogP contribution in [-0.2, 0) is 7.05 Å². The van der Waals surface area contributed by atoms with Crippen LogP contribution in [0.15, 0.2) is 6.20 Å². The van der Waals surface area contributed by atoms with Gasteiger partial charge in [-0.3, -0.25) is 9.48 Å². The van der Waals surface area contributed by atoms with E-state index in [1.54, 1.807) is 17.9 Å². The van der Waals surface area contributed by atoms with Crippen LogP contribution in [0.3, 0.4) is 0 Å². The van der Waals surface area contributed by atoms with E-state index in [9.17, 15) is 4.79 Å². The summed E-state index contributed by atoms with van der Waals surface area (Å²) >= 11 is 5.99. The van der Waals surface area contributed by atoms with Crippen LogP contribution in [0.2, 0.25) is 5.02 Å². The molecule has 1 aliphatic heterocycles. The highest BCUT2D eigenvalue weighted by atomic mass is 35.5. The molecule has 1 aliphatic rings. The van der Waals surface area contributed by atoms with Gasteiger partial charge in [0.1, 0.15) is 0 Å². The van der Waals surface area contributed by atoms with E-state index >= 15 is 0 Å². The molecule has 100 valence electrons. The van der Waals surface area contributed by atoms with Crippen molar-refractivity contribution in [3.05, 3.63) is 16.9 Å². The number of likely N-dealkylation sites (tertiary alicyclic amines) is 1. The molecule has 1 fully saturated rings. The van der Waals surface area contributed by atoms with Gasteiger partial charge in [-0.25, -0.2) is 0 Å². The van der Waals surface area contributed by atoms with Gasteiger partial charge in [0.05, 0.1) is 5.02 Å². The Hall–Kier alpha value is -1.07. The topological polar surface area (TPSA) is 64.2 Å². The van der Waals surface area contributed by atoms with Gasteiger partial charge in [-0.05, 0) is 31.7 Å². The molecule has 2 rings (SSSR count). The summed E-state index contributed by atoms with van der Waals surface area (Å²) < 4.78 is 1.57. The van der Waals surface area contributed by atoms with Crippen molar-refractivity contribution < 1.29 is 4.79 Å². The monoisotopic (exact) mass is 270 g/mol. The summed E-state index contributed by atoms with van der Waals surface area (Å²) in [5.74, 6) is 0.588. The molecule has 5 nitrogen and oxygen atoms in total. The number of halogens is 1. The SMILES string of the molecule is Cn1cc(Cl)c(C(=O)N2CCC(CCN)CC2)n1. The van der Waals surface area contributed by atoms with Crippen molar-refractivity contribution in [3.8, 4) is 0 Å². The van der Waals surface area contributed by atoms with E-state index in [0.29, 0.717) is 16.6 Å². The first-order valence-corrected chi connectivity index (χ1v) is 6.68. The summed E-state index contributed by atoms with van der Waals surface area (Å²) in [4.78, 5) is 14.1. The second-order valence-electron chi connectivity index (χ2n) is 4.81. The maximum atomic E-state index is 12.2. The smallest absolute Gasteiger partial charge is 0.275 e. The summed E-state index contributed by atoms with van der Waals surface area (Å²) in [5, 5.41) is 4.54. The van der Waals surface area contributed by atoms with E-state index in [1.165, 1.54) is 0 Å². The number of amides is 1. The summed E-state index contributed by atoms with van der Waals surface area (Å²) in [6.07, 6.45) is 4.74. The number of hydrogen-bond acceptors (Lipinski definition) is 3. The molecule has 0 saturated carbocycles. The van der Waals surface area contributed by atoms with Crippen molar-refractivity contribution in [1.29, 1.82) is 0 Å². The van der Waals surface area contributed by atoms with E-state index in [0.717, 1.165) is 38.9 Å². The molecular weight excluding hydrogens is 252 g/mol. The van der Waals surface area contributed by atoms with Gasteiger partial charge < -0.3 is 10.6 Å². The molecule has 0 unspecified atom stereocenters. The average Bonchev–Trinajstić information content (AvgIpc) is 2.69. The third-order valence-corrected chi connectivity index (χ3v) is 3.74. The lowest BCUT2D eigenvalue weighted by Crippen LogP contribution is -2.39. The first-order valence-electron chi connectivity index (χ1n) is 6.30. The van der Waals surface area contributed by atoms with Crippen LogP contribution in [0.5, 0.6) is 0 Å². The number of hydrogen-bond donors (Lipinski definition) is 1. The lowest BCUT2D eigenvalue weighted by molar-refractivity contribution is 0.0681. The maximum Gasteiger partial charge on any atom is 0.275 e. The highest BCUT2D eigenvalue weighted by Crippen LogP contribution is 2.22. The lowest BCUT2D eigenvalue weighted by Gasteiger charge is -2.31. The first kappa shape index (κ1) is 13.4. The molecule has 1 amide bonds. The Morgan fingerprint density at radius 2 is 2.22 bits per heavy atom. The summed E-state index contributed by atoms with van der Waals surface area (Å²) in [5.41, 5.74) is 5.91. The molecule has 1 aromatic heterocycles. The molecular formula is C12H19ClN4O. The number of aromatic nitrogens is 2. The molecule has 18 heavy (non-hydrogen) atoms. The zero-order chi connectivity index (χ0) is 13.1. The molecule has 0 aliphatic carbocycles. The number of rotatable bonds is 3. The molecule has 0 atom stereocenters. The van der Waals surface area contributed by atoms with Gasteiger partial charge in [-0.1, -0.05) is 11.6 Å². The van der Waals surface area contributed by atoms with E-state index in [1.807, 2.05) is 4.90 Å². The van der Waals surface area contributed by atoms with Gasteiger partial charge >= 0.3 is 0 Å². The Morgan fingerprint density at radius 3 is 2.72 bits per heavy atom. The second kappa shape index (κ2) is 5.71. The van der Waals surface area contributed by atoms with E-state index < -0.39 is 0 Å². The van der Waals surface area contributed by atoms with Gasteiger partial charge in [-0.15, -0.1) is 0 Å². The zero-order valence-electron chi connectivity index (χ0n) is 10.6. The van der Waals surface area contributed by atoms with Gasteiger partial charge in [0, 0.05) is 26.3 Å². The van der Waals surface area contributed by atoms with Crippen molar-refractivity contribution in [1.82, 2.24) is 14.7 Å². The molecule has 0 aromatic carbocycles. The molecule has 6 heteroatoms. The highest BCUT2D eigenvalue weighted by molar-refractivity contribution is 6.33. The number of piperidine rings is 1. The van der Waals surface area contributed by atoms with Crippen molar-refractivity contribution in [3.63, 3.8) is 0 Å². The van der Waals surface area contributed by atoms with Gasteiger partial charge in [0.15, 0.2) is 5.69 Å². The molecule has 1 aromatic rings. The van der Waals surface area contributed by atoms with Crippen LogP contribution in [0.25, 0.3) is 0 Å². The van der Waals surface area contributed by atoms with Crippen molar-refractivity contribution in [2.24, 2.45) is 18.7 Å². The predicted molar refractivity (Wildman–Crippen MR) is 70.5 cm³/mol. The molecule has 2 heterocycles. The Bertz CT molecular complexity index is 424. The largest absolute Gasteiger partial charge is 0.337 e. The Balaban J connectivity index is 1.97. The summed E-state index contributed by atoms with van der Waals surface area (Å²) in [7, 11) is 1.76. The average molecular weight is 271 g/mol. The zero-order valence-corrected chi connectivity index (χ0v) is 11.4. The Kier molecular flexibility index (Phi) is 4.24. The van der Waals surface area contributed by atoms with E-state index in [2.05, 4.69) is 5.10 Å². The van der Waals surface area contributed by atoms with Crippen LogP contribution in [-0.4, -0.2) is 40.2 Å².